The zero-order chi connectivity index (χ0) is 19.4. The Kier molecular flexibility index (Phi) is 5.36. The van der Waals surface area contributed by atoms with E-state index in [9.17, 15) is 14.4 Å². The maximum atomic E-state index is 12.5. The first kappa shape index (κ1) is 18.4. The van der Waals surface area contributed by atoms with Gasteiger partial charge in [-0.15, -0.1) is 0 Å². The third kappa shape index (κ3) is 4.06. The molecule has 0 bridgehead atoms. The molecule has 138 valence electrons. The van der Waals surface area contributed by atoms with Gasteiger partial charge in [-0.1, -0.05) is 18.2 Å². The minimum Gasteiger partial charge on any atom is -0.466 e. The molecule has 2 N–H and O–H groups in total. The van der Waals surface area contributed by atoms with Crippen LogP contribution >= 0.6 is 11.8 Å². The molecule has 2 amide bonds. The number of thioether (sulfide) groups is 1. The van der Waals surface area contributed by atoms with Crippen LogP contribution in [0.15, 0.2) is 52.6 Å². The molecular weight excluding hydrogens is 370 g/mol. The number of amidine groups is 1. The zero-order valence-electron chi connectivity index (χ0n) is 14.4. The number of rotatable bonds is 4. The number of aromatic amines is 1. The van der Waals surface area contributed by atoms with E-state index >= 15 is 0 Å². The second-order valence-electron chi connectivity index (χ2n) is 5.31. The molecule has 27 heavy (non-hydrogen) atoms. The Morgan fingerprint density at radius 3 is 2.78 bits per heavy atom. The monoisotopic (exact) mass is 385 g/mol. The van der Waals surface area contributed by atoms with E-state index in [-0.39, 0.29) is 21.6 Å². The van der Waals surface area contributed by atoms with Crippen LogP contribution in [0.3, 0.4) is 0 Å². The van der Waals surface area contributed by atoms with Crippen molar-refractivity contribution in [3.05, 3.63) is 53.3 Å². The van der Waals surface area contributed by atoms with E-state index in [0.717, 1.165) is 17.8 Å². The first-order valence-electron chi connectivity index (χ1n) is 7.73. The number of nitrogens with zero attached hydrogens (tertiary/aromatic N) is 3. The molecule has 1 fully saturated rings. The summed E-state index contributed by atoms with van der Waals surface area (Å²) in [4.78, 5) is 48.5. The van der Waals surface area contributed by atoms with Gasteiger partial charge in [0, 0.05) is 18.8 Å². The maximum Gasteiger partial charge on any atom is 0.331 e. The summed E-state index contributed by atoms with van der Waals surface area (Å²) < 4.78 is 4.53. The number of anilines is 1. The molecule has 1 aromatic carbocycles. The minimum atomic E-state index is -0.636. The number of likely N-dealkylation sites (N-methyl/N-ethyl adjacent to an activating group) is 1. The molecule has 0 spiro atoms. The summed E-state index contributed by atoms with van der Waals surface area (Å²) in [7, 11) is 2.74. The van der Waals surface area contributed by atoms with Gasteiger partial charge in [-0.25, -0.2) is 14.8 Å². The number of aliphatic imine (C=N–C) groups is 1. The highest BCUT2D eigenvalue weighted by Crippen LogP contribution is 2.31. The number of methoxy groups -OCH3 is 1. The van der Waals surface area contributed by atoms with Crippen LogP contribution in [0.5, 0.6) is 0 Å². The van der Waals surface area contributed by atoms with E-state index in [2.05, 4.69) is 25.0 Å². The fourth-order valence-corrected chi connectivity index (χ4v) is 3.09. The fourth-order valence-electron chi connectivity index (χ4n) is 2.16. The third-order valence-corrected chi connectivity index (χ3v) is 4.59. The molecule has 3 rings (SSSR count). The number of carbonyl (C=O) groups is 3. The molecule has 10 heteroatoms. The van der Waals surface area contributed by atoms with Crippen LogP contribution in [0.2, 0.25) is 0 Å². The van der Waals surface area contributed by atoms with Crippen molar-refractivity contribution < 1.29 is 19.1 Å². The largest absolute Gasteiger partial charge is 0.466 e. The second kappa shape index (κ2) is 7.87. The first-order chi connectivity index (χ1) is 13.0. The summed E-state index contributed by atoms with van der Waals surface area (Å²) in [5.41, 5.74) is 0.778. The van der Waals surface area contributed by atoms with Gasteiger partial charge >= 0.3 is 5.97 Å². The average molecular weight is 385 g/mol. The second-order valence-corrected chi connectivity index (χ2v) is 6.32. The van der Waals surface area contributed by atoms with Crippen LogP contribution in [-0.2, 0) is 14.3 Å². The van der Waals surface area contributed by atoms with Gasteiger partial charge in [-0.05, 0) is 23.9 Å². The number of ether oxygens (including phenoxy) is 1. The molecule has 0 unspecified atom stereocenters. The molecule has 2 aromatic rings. The lowest BCUT2D eigenvalue weighted by Gasteiger charge is -2.07. The Labute approximate surface area is 158 Å². The Morgan fingerprint density at radius 1 is 1.33 bits per heavy atom. The van der Waals surface area contributed by atoms with E-state index < -0.39 is 17.8 Å². The van der Waals surface area contributed by atoms with E-state index in [1.54, 1.807) is 24.3 Å². The standard InChI is InChI=1S/C17H15N5O4S/c1-22-16(25)11(8-12(23)26-2)27-17(22)21-14-13(18-9-19-14)15(24)20-10-6-4-3-5-7-10/h3-9H,1-2H3,(H,18,19)(H,20,24)/b11-8+,21-17?. The predicted octanol–water partition coefficient (Wildman–Crippen LogP) is 1.91. The Morgan fingerprint density at radius 2 is 2.07 bits per heavy atom. The van der Waals surface area contributed by atoms with Crippen molar-refractivity contribution in [2.75, 3.05) is 19.5 Å². The van der Waals surface area contributed by atoms with Gasteiger partial charge in [0.15, 0.2) is 16.7 Å². The molecular formula is C17H15N5O4S. The van der Waals surface area contributed by atoms with Gasteiger partial charge in [0.1, 0.15) is 0 Å². The molecule has 9 nitrogen and oxygen atoms in total. The summed E-state index contributed by atoms with van der Waals surface area (Å²) in [5.74, 6) is -1.32. The van der Waals surface area contributed by atoms with Gasteiger partial charge in [-0.3, -0.25) is 14.5 Å². The maximum absolute atomic E-state index is 12.5. The Balaban J connectivity index is 1.83. The van der Waals surface area contributed by atoms with Crippen LogP contribution in [0.25, 0.3) is 0 Å². The number of nitrogens with one attached hydrogen (secondary N) is 2. The van der Waals surface area contributed by atoms with E-state index in [1.807, 2.05) is 6.07 Å². The van der Waals surface area contributed by atoms with Crippen LogP contribution in [-0.4, -0.2) is 52.0 Å². The van der Waals surface area contributed by atoms with Crippen molar-refractivity contribution in [2.45, 2.75) is 0 Å². The topological polar surface area (TPSA) is 117 Å². The number of hydrogen-bond acceptors (Lipinski definition) is 7. The number of amides is 2. The molecule has 1 saturated heterocycles. The lowest BCUT2D eigenvalue weighted by molar-refractivity contribution is -0.135. The number of H-pyrrole nitrogens is 1. The third-order valence-electron chi connectivity index (χ3n) is 3.53. The number of para-hydroxylation sites is 1. The van der Waals surface area contributed by atoms with Crippen molar-refractivity contribution in [3.8, 4) is 0 Å². The fraction of sp³-hybridized carbons (Fsp3) is 0.118. The SMILES string of the molecule is COC(=O)/C=C1/SC(=Nc2nc[nH]c2C(=O)Nc2ccccc2)N(C)C1=O. The Bertz CT molecular complexity index is 951. The lowest BCUT2D eigenvalue weighted by Crippen LogP contribution is -2.24. The highest BCUT2D eigenvalue weighted by molar-refractivity contribution is 8.18. The van der Waals surface area contributed by atoms with Crippen LogP contribution < -0.4 is 5.32 Å². The van der Waals surface area contributed by atoms with Crippen molar-refractivity contribution in [1.82, 2.24) is 14.9 Å². The lowest BCUT2D eigenvalue weighted by atomic mass is 10.3. The van der Waals surface area contributed by atoms with E-state index in [0.29, 0.717) is 5.69 Å². The summed E-state index contributed by atoms with van der Waals surface area (Å²) in [6.07, 6.45) is 2.44. The smallest absolute Gasteiger partial charge is 0.331 e. The number of esters is 1. The van der Waals surface area contributed by atoms with Gasteiger partial charge in [0.25, 0.3) is 11.8 Å². The van der Waals surface area contributed by atoms with Gasteiger partial charge < -0.3 is 15.0 Å². The van der Waals surface area contributed by atoms with Gasteiger partial charge in [0.05, 0.1) is 18.3 Å². The number of aromatic nitrogens is 2. The summed E-state index contributed by atoms with van der Waals surface area (Å²) in [6, 6.07) is 8.95. The molecule has 1 aliphatic heterocycles. The molecule has 0 saturated carbocycles. The van der Waals surface area contributed by atoms with Crippen LogP contribution in [0.4, 0.5) is 11.5 Å². The number of benzene rings is 1. The molecule has 0 radical (unpaired) electrons. The summed E-state index contributed by atoms with van der Waals surface area (Å²) in [5, 5.41) is 3.02. The Hall–Kier alpha value is -3.40. The van der Waals surface area contributed by atoms with E-state index in [4.69, 9.17) is 0 Å². The van der Waals surface area contributed by atoms with Crippen molar-refractivity contribution in [3.63, 3.8) is 0 Å². The van der Waals surface area contributed by atoms with Crippen LogP contribution in [0.1, 0.15) is 10.5 Å². The number of hydrogen-bond donors (Lipinski definition) is 2. The molecule has 0 atom stereocenters. The molecule has 2 heterocycles. The summed E-state index contributed by atoms with van der Waals surface area (Å²) in [6.45, 7) is 0. The van der Waals surface area contributed by atoms with Crippen molar-refractivity contribution in [1.29, 1.82) is 0 Å². The first-order valence-corrected chi connectivity index (χ1v) is 8.55. The quantitative estimate of drug-likeness (QED) is 0.613. The number of imidazole rings is 1. The van der Waals surface area contributed by atoms with Crippen LogP contribution in [0, 0.1) is 0 Å². The van der Waals surface area contributed by atoms with Gasteiger partial charge in [0.2, 0.25) is 0 Å². The normalized spacial score (nSPS) is 16.8. The number of carbonyl (C=O) groups excluding carboxylic acids is 3. The summed E-state index contributed by atoms with van der Waals surface area (Å²) >= 11 is 0.994. The zero-order valence-corrected chi connectivity index (χ0v) is 15.2. The predicted molar refractivity (Wildman–Crippen MR) is 101 cm³/mol. The van der Waals surface area contributed by atoms with Crippen molar-refractivity contribution in [2.24, 2.45) is 4.99 Å². The van der Waals surface area contributed by atoms with Gasteiger partial charge in [-0.2, -0.15) is 0 Å². The molecule has 1 aliphatic rings. The highest BCUT2D eigenvalue weighted by atomic mass is 32.2. The average Bonchev–Trinajstić information content (AvgIpc) is 3.23. The minimum absolute atomic E-state index is 0.130. The van der Waals surface area contributed by atoms with E-state index in [1.165, 1.54) is 25.4 Å². The molecule has 0 aliphatic carbocycles. The molecule has 1 aromatic heterocycles. The highest BCUT2D eigenvalue weighted by Gasteiger charge is 2.32. The van der Waals surface area contributed by atoms with Crippen molar-refractivity contribution >= 4 is 46.2 Å².